The third kappa shape index (κ3) is 14.2. The van der Waals surface area contributed by atoms with E-state index in [-0.39, 0.29) is 26.2 Å². The number of nitrogens with one attached hydrogen (secondary N) is 1. The summed E-state index contributed by atoms with van der Waals surface area (Å²) < 4.78 is 3.37. The quantitative estimate of drug-likeness (QED) is 0.184. The van der Waals surface area contributed by atoms with Gasteiger partial charge in [0, 0.05) is 37.4 Å². The van der Waals surface area contributed by atoms with E-state index in [4.69, 9.17) is 33.4 Å². The van der Waals surface area contributed by atoms with Gasteiger partial charge in [-0.2, -0.15) is 10.2 Å². The number of aromatic nitrogens is 4. The molecule has 2 N–H and O–H groups in total. The van der Waals surface area contributed by atoms with Gasteiger partial charge in [-0.05, 0) is 109 Å². The lowest BCUT2D eigenvalue weighted by Crippen LogP contribution is -2.30. The number of hydrogen-bond acceptors (Lipinski definition) is 6. The maximum atomic E-state index is 13.0. The zero-order valence-electron chi connectivity index (χ0n) is 33.0. The molecule has 4 aromatic heterocycles. The Morgan fingerprint density at radius 1 is 0.727 bits per heavy atom. The predicted molar refractivity (Wildman–Crippen MR) is 236 cm³/mol. The van der Waals surface area contributed by atoms with E-state index in [1.54, 1.807) is 48.1 Å². The van der Waals surface area contributed by atoms with Crippen LogP contribution in [0.1, 0.15) is 172 Å². The average molecular weight is 836 g/mol. The molecule has 2 aliphatic rings. The molecule has 55 heavy (non-hydrogen) atoms. The Kier molecular flexibility index (Phi) is 18.4. The summed E-state index contributed by atoms with van der Waals surface area (Å²) in [6.45, 7) is 15.5. The van der Waals surface area contributed by atoms with Crippen LogP contribution in [-0.4, -0.2) is 37.0 Å². The number of carboxylic acids is 1. The summed E-state index contributed by atoms with van der Waals surface area (Å²) in [6.07, 6.45) is 16.5. The van der Waals surface area contributed by atoms with Crippen LogP contribution in [0.25, 0.3) is 0 Å². The van der Waals surface area contributed by atoms with E-state index >= 15 is 0 Å². The van der Waals surface area contributed by atoms with E-state index in [1.165, 1.54) is 72.5 Å². The molecule has 0 saturated heterocycles. The van der Waals surface area contributed by atoms with Gasteiger partial charge in [0.25, 0.3) is 5.91 Å². The molecule has 0 amide bonds. The molecule has 2 fully saturated rings. The second kappa shape index (κ2) is 20.8. The predicted octanol–water partition coefficient (Wildman–Crippen LogP) is 13.8. The molecule has 2 saturated carbocycles. The number of rotatable bonds is 8. The lowest BCUT2D eigenvalue weighted by molar-refractivity contribution is -0.145. The molecule has 2 aliphatic carbocycles. The third-order valence-corrected chi connectivity index (χ3v) is 13.1. The molecular weight excluding hydrogens is 768 g/mol. The SMILES string of the molecule is C.C.CC(C)(C)C(=O)O.CC(C)(C)C(=O)n1nc(C2(C)CCCCC2)cc1CCc1ccc(Cl)s1.CC1(c2cc(CCc3ccc(Cl)s3)[nH]n2)CCCCC1. The zero-order chi connectivity index (χ0) is 39.0. The second-order valence-electron chi connectivity index (χ2n) is 17.5. The van der Waals surface area contributed by atoms with Crippen LogP contribution >= 0.6 is 45.9 Å². The summed E-state index contributed by atoms with van der Waals surface area (Å²) in [4.78, 5) is 25.6. The summed E-state index contributed by atoms with van der Waals surface area (Å²) in [5, 5.41) is 20.9. The van der Waals surface area contributed by atoms with Crippen LogP contribution in [0.15, 0.2) is 36.4 Å². The normalized spacial score (nSPS) is 16.3. The van der Waals surface area contributed by atoms with Gasteiger partial charge in [0.15, 0.2) is 0 Å². The van der Waals surface area contributed by atoms with E-state index in [0.29, 0.717) is 5.41 Å². The number of carboxylic acid groups (broad SMARTS) is 1. The van der Waals surface area contributed by atoms with E-state index in [9.17, 15) is 9.59 Å². The van der Waals surface area contributed by atoms with E-state index in [2.05, 4.69) is 48.3 Å². The van der Waals surface area contributed by atoms with E-state index in [0.717, 1.165) is 58.6 Å². The van der Waals surface area contributed by atoms with Crippen molar-refractivity contribution in [3.8, 4) is 0 Å². The fourth-order valence-corrected chi connectivity index (χ4v) is 9.02. The minimum absolute atomic E-state index is 0. The molecule has 4 aromatic rings. The minimum Gasteiger partial charge on any atom is -0.481 e. The molecule has 7 nitrogen and oxygen atoms in total. The van der Waals surface area contributed by atoms with Gasteiger partial charge in [-0.25, -0.2) is 4.68 Å². The number of H-pyrrole nitrogens is 1. The first kappa shape index (κ1) is 48.7. The molecular formula is C44H68Cl2N4O3S2. The number of nitrogens with zero attached hydrogens (tertiary/aromatic N) is 3. The van der Waals surface area contributed by atoms with E-state index in [1.807, 2.05) is 32.9 Å². The van der Waals surface area contributed by atoms with Crippen molar-refractivity contribution in [2.75, 3.05) is 0 Å². The standard InChI is InChI=1S/C21H29ClN2OS.C16H21ClN2S.C5H10O2.2CH4/c1-20(2,3)19(25)24-15(8-9-16-10-11-18(22)26-16)14-17(23-24)21(4)12-6-5-7-13-21;1-16(9-3-2-4-10-16)14-11-12(18-19-14)5-6-13-7-8-15(17)20-13;1-5(2,3)4(6)7;;/h10-11,14H,5-9,12-13H2,1-4H3;7-8,11H,2-6,9-10H2,1H3,(H,18,19);1-3H3,(H,6,7);2*1H4. The van der Waals surface area contributed by atoms with Crippen molar-refractivity contribution in [3.63, 3.8) is 0 Å². The number of halogens is 2. The van der Waals surface area contributed by atoms with Crippen molar-refractivity contribution >= 4 is 57.8 Å². The lowest BCUT2D eigenvalue weighted by Gasteiger charge is -2.31. The number of hydrogen-bond donors (Lipinski definition) is 2. The van der Waals surface area contributed by atoms with Gasteiger partial charge >= 0.3 is 5.97 Å². The van der Waals surface area contributed by atoms with Gasteiger partial charge in [0.1, 0.15) is 0 Å². The van der Waals surface area contributed by atoms with Crippen molar-refractivity contribution in [1.29, 1.82) is 0 Å². The molecule has 308 valence electrons. The summed E-state index contributed by atoms with van der Waals surface area (Å²) in [5.74, 6) is -0.685. The van der Waals surface area contributed by atoms with Gasteiger partial charge in [-0.3, -0.25) is 14.7 Å². The zero-order valence-corrected chi connectivity index (χ0v) is 36.2. The maximum Gasteiger partial charge on any atom is 0.308 e. The molecule has 0 unspecified atom stereocenters. The second-order valence-corrected chi connectivity index (χ2v) is 21.1. The van der Waals surface area contributed by atoms with Crippen LogP contribution in [0.2, 0.25) is 8.67 Å². The fourth-order valence-electron chi connectivity index (χ4n) is 6.84. The van der Waals surface area contributed by atoms with Crippen LogP contribution in [0.5, 0.6) is 0 Å². The van der Waals surface area contributed by atoms with Gasteiger partial charge in [-0.15, -0.1) is 22.7 Å². The monoisotopic (exact) mass is 834 g/mol. The highest BCUT2D eigenvalue weighted by Gasteiger charge is 2.35. The molecule has 11 heteroatoms. The van der Waals surface area contributed by atoms with Gasteiger partial charge in [-0.1, -0.05) is 111 Å². The van der Waals surface area contributed by atoms with Gasteiger partial charge in [0.2, 0.25) is 0 Å². The molecule has 6 rings (SSSR count). The first-order valence-corrected chi connectivity index (χ1v) is 21.6. The Bertz CT molecular complexity index is 1780. The third-order valence-electron chi connectivity index (χ3n) is 10.6. The largest absolute Gasteiger partial charge is 0.481 e. The Morgan fingerprint density at radius 2 is 1.18 bits per heavy atom. The smallest absolute Gasteiger partial charge is 0.308 e. The van der Waals surface area contributed by atoms with Gasteiger partial charge < -0.3 is 5.11 Å². The summed E-state index contributed by atoms with van der Waals surface area (Å²) in [5.41, 5.74) is 3.98. The van der Waals surface area contributed by atoms with Crippen molar-refractivity contribution in [3.05, 3.63) is 77.6 Å². The lowest BCUT2D eigenvalue weighted by atomic mass is 9.73. The molecule has 4 heterocycles. The Balaban J connectivity index is 0.000000321. The summed E-state index contributed by atoms with van der Waals surface area (Å²) >= 11 is 15.3. The highest BCUT2D eigenvalue weighted by molar-refractivity contribution is 7.16. The number of carbonyl (C=O) groups excluding carboxylic acids is 1. The summed E-state index contributed by atoms with van der Waals surface area (Å²) in [6, 6.07) is 12.6. The number of aliphatic carboxylic acids is 1. The molecule has 0 bridgehead atoms. The van der Waals surface area contributed by atoms with Crippen molar-refractivity contribution < 1.29 is 14.7 Å². The number of carbonyl (C=O) groups is 2. The first-order chi connectivity index (χ1) is 24.8. The first-order valence-electron chi connectivity index (χ1n) is 19.2. The van der Waals surface area contributed by atoms with Crippen LogP contribution in [0.4, 0.5) is 0 Å². The highest BCUT2D eigenvalue weighted by atomic mass is 35.5. The number of thiophene rings is 2. The Hall–Kier alpha value is -2.46. The molecule has 0 aromatic carbocycles. The highest BCUT2D eigenvalue weighted by Crippen LogP contribution is 2.40. The minimum atomic E-state index is -0.757. The molecule has 0 spiro atoms. The number of aryl methyl sites for hydroxylation is 4. The van der Waals surface area contributed by atoms with Crippen molar-refractivity contribution in [1.82, 2.24) is 20.0 Å². The van der Waals surface area contributed by atoms with Crippen LogP contribution in [0.3, 0.4) is 0 Å². The average Bonchev–Trinajstić information content (AvgIpc) is 3.91. The Labute approximate surface area is 350 Å². The van der Waals surface area contributed by atoms with Crippen LogP contribution < -0.4 is 0 Å². The molecule has 0 aliphatic heterocycles. The topological polar surface area (TPSA) is 101 Å². The molecule has 0 radical (unpaired) electrons. The molecule has 0 atom stereocenters. The van der Waals surface area contributed by atoms with Crippen LogP contribution in [0, 0.1) is 10.8 Å². The fraction of sp³-hybridized carbons (Fsp3) is 0.636. The summed E-state index contributed by atoms with van der Waals surface area (Å²) in [7, 11) is 0. The Morgan fingerprint density at radius 3 is 1.60 bits per heavy atom. The van der Waals surface area contributed by atoms with Gasteiger partial charge in [0.05, 0.1) is 25.5 Å². The number of aromatic amines is 1. The van der Waals surface area contributed by atoms with Crippen molar-refractivity contribution in [2.24, 2.45) is 10.8 Å². The van der Waals surface area contributed by atoms with E-state index < -0.39 is 16.8 Å². The maximum absolute atomic E-state index is 13.0. The van der Waals surface area contributed by atoms with Crippen molar-refractivity contribution in [2.45, 2.75) is 171 Å². The van der Waals surface area contributed by atoms with Crippen LogP contribution in [-0.2, 0) is 41.3 Å².